The van der Waals surface area contributed by atoms with Crippen LogP contribution >= 0.6 is 23.2 Å². The number of nitrogens with one attached hydrogen (secondary N) is 1. The Hall–Kier alpha value is -2.04. The molecule has 29 heavy (non-hydrogen) atoms. The maximum Gasteiger partial charge on any atom is 0.272 e. The first-order chi connectivity index (χ1) is 13.6. The smallest absolute Gasteiger partial charge is 0.272 e. The molecule has 1 unspecified atom stereocenters. The Morgan fingerprint density at radius 2 is 2.00 bits per heavy atom. The molecule has 2 aromatic rings. The molecule has 154 valence electrons. The summed E-state index contributed by atoms with van der Waals surface area (Å²) < 4.78 is 0. The first kappa shape index (κ1) is 21.7. The molecule has 0 aliphatic carbocycles. The average molecular weight is 432 g/mol. The number of amides is 1. The highest BCUT2D eigenvalue weighted by Gasteiger charge is 2.35. The van der Waals surface area contributed by atoms with Crippen LogP contribution in [0.4, 0.5) is 5.69 Å². The molecule has 1 aliphatic rings. The molecule has 4 nitrogen and oxygen atoms in total. The Labute approximate surface area is 182 Å². The highest BCUT2D eigenvalue weighted by Crippen LogP contribution is 2.44. The van der Waals surface area contributed by atoms with E-state index in [1.165, 1.54) is 11.3 Å². The number of anilines is 1. The van der Waals surface area contributed by atoms with E-state index in [4.69, 9.17) is 23.2 Å². The van der Waals surface area contributed by atoms with Gasteiger partial charge in [-0.25, -0.2) is 5.43 Å². The number of aryl methyl sites for hydroxylation is 1. The molecule has 1 atom stereocenters. The first-order valence-corrected chi connectivity index (χ1v) is 10.6. The van der Waals surface area contributed by atoms with Crippen LogP contribution in [0.2, 0.25) is 10.0 Å². The second-order valence-corrected chi connectivity index (χ2v) is 9.09. The van der Waals surface area contributed by atoms with Crippen LogP contribution in [0, 0.1) is 6.92 Å². The molecule has 0 radical (unpaired) electrons. The van der Waals surface area contributed by atoms with Gasteiger partial charge in [0.25, 0.3) is 5.91 Å². The van der Waals surface area contributed by atoms with Crippen LogP contribution in [0.5, 0.6) is 0 Å². The Kier molecular flexibility index (Phi) is 6.25. The van der Waals surface area contributed by atoms with Gasteiger partial charge in [0.15, 0.2) is 0 Å². The van der Waals surface area contributed by atoms with Crippen molar-refractivity contribution in [1.29, 1.82) is 0 Å². The molecule has 0 aromatic heterocycles. The highest BCUT2D eigenvalue weighted by atomic mass is 35.5. The number of benzene rings is 2. The van der Waals surface area contributed by atoms with Gasteiger partial charge in [0, 0.05) is 23.3 Å². The molecule has 6 heteroatoms. The number of fused-ring (bicyclic) bond motifs is 1. The number of hydrazone groups is 1. The summed E-state index contributed by atoms with van der Waals surface area (Å²) in [6, 6.07) is 9.37. The quantitative estimate of drug-likeness (QED) is 0.463. The summed E-state index contributed by atoms with van der Waals surface area (Å²) in [5.41, 5.74) is 7.22. The number of carbonyl (C=O) groups excluding carboxylic acids is 1. The van der Waals surface area contributed by atoms with Crippen LogP contribution in [0.1, 0.15) is 67.1 Å². The van der Waals surface area contributed by atoms with Gasteiger partial charge in [0.05, 0.1) is 21.8 Å². The van der Waals surface area contributed by atoms with Gasteiger partial charge < -0.3 is 4.90 Å². The fourth-order valence-electron chi connectivity index (χ4n) is 4.24. The van der Waals surface area contributed by atoms with Gasteiger partial charge in [-0.3, -0.25) is 4.79 Å². The van der Waals surface area contributed by atoms with E-state index >= 15 is 0 Å². The molecule has 1 amide bonds. The third-order valence-corrected chi connectivity index (χ3v) is 6.20. The molecule has 0 spiro atoms. The summed E-state index contributed by atoms with van der Waals surface area (Å²) in [7, 11) is 0. The fourth-order valence-corrected chi connectivity index (χ4v) is 4.77. The summed E-state index contributed by atoms with van der Waals surface area (Å²) in [6.45, 7) is 11.8. The highest BCUT2D eigenvalue weighted by molar-refractivity contribution is 6.34. The van der Waals surface area contributed by atoms with Crippen molar-refractivity contribution in [2.45, 2.75) is 52.5 Å². The third-order valence-electron chi connectivity index (χ3n) is 5.56. The van der Waals surface area contributed by atoms with E-state index in [9.17, 15) is 4.79 Å². The number of carbonyl (C=O) groups is 1. The zero-order valence-corrected chi connectivity index (χ0v) is 19.0. The van der Waals surface area contributed by atoms with Crippen LogP contribution in [-0.4, -0.2) is 24.2 Å². The summed E-state index contributed by atoms with van der Waals surface area (Å²) in [5, 5.41) is 5.12. The molecule has 1 aliphatic heterocycles. The van der Waals surface area contributed by atoms with Crippen molar-refractivity contribution in [3.05, 3.63) is 62.6 Å². The minimum absolute atomic E-state index is 0.0847. The lowest BCUT2D eigenvalue weighted by Crippen LogP contribution is -2.48. The molecule has 0 saturated carbocycles. The number of hydrogen-bond donors (Lipinski definition) is 1. The predicted octanol–water partition coefficient (Wildman–Crippen LogP) is 6.18. The van der Waals surface area contributed by atoms with Gasteiger partial charge in [0.2, 0.25) is 0 Å². The number of halogens is 2. The molecule has 0 bridgehead atoms. The van der Waals surface area contributed by atoms with Crippen LogP contribution in [0.3, 0.4) is 0 Å². The predicted molar refractivity (Wildman–Crippen MR) is 123 cm³/mol. The second kappa shape index (κ2) is 8.37. The number of rotatable bonds is 4. The Bertz CT molecular complexity index is 969. The average Bonchev–Trinajstić information content (AvgIpc) is 2.62. The minimum atomic E-state index is -0.354. The van der Waals surface area contributed by atoms with Gasteiger partial charge >= 0.3 is 0 Å². The lowest BCUT2D eigenvalue weighted by molar-refractivity contribution is 0.0955. The van der Waals surface area contributed by atoms with Gasteiger partial charge in [-0.2, -0.15) is 5.10 Å². The zero-order valence-electron chi connectivity index (χ0n) is 17.5. The maximum atomic E-state index is 12.3. The molecule has 1 N–H and O–H groups in total. The maximum absolute atomic E-state index is 12.3. The summed E-state index contributed by atoms with van der Waals surface area (Å²) in [4.78, 5) is 14.7. The van der Waals surface area contributed by atoms with E-state index < -0.39 is 0 Å². The lowest BCUT2D eigenvalue weighted by Gasteiger charge is -2.47. The van der Waals surface area contributed by atoms with Crippen LogP contribution in [-0.2, 0) is 0 Å². The number of nitrogens with zero attached hydrogens (tertiary/aromatic N) is 2. The summed E-state index contributed by atoms with van der Waals surface area (Å²) >= 11 is 12.7. The van der Waals surface area contributed by atoms with Crippen LogP contribution < -0.4 is 10.3 Å². The van der Waals surface area contributed by atoms with Crippen molar-refractivity contribution in [2.24, 2.45) is 5.10 Å². The fraction of sp³-hybridized carbons (Fsp3) is 0.391. The first-order valence-electron chi connectivity index (χ1n) is 9.84. The molecule has 2 aromatic carbocycles. The second-order valence-electron chi connectivity index (χ2n) is 8.28. The van der Waals surface area contributed by atoms with E-state index in [-0.39, 0.29) is 11.4 Å². The Morgan fingerprint density at radius 3 is 2.66 bits per heavy atom. The van der Waals surface area contributed by atoms with Gasteiger partial charge in [0.1, 0.15) is 0 Å². The van der Waals surface area contributed by atoms with Crippen LogP contribution in [0.15, 0.2) is 35.4 Å². The summed E-state index contributed by atoms with van der Waals surface area (Å²) in [5.74, 6) is 0.0563. The van der Waals surface area contributed by atoms with E-state index in [0.29, 0.717) is 21.5 Å². The topological polar surface area (TPSA) is 44.7 Å². The molecule has 0 saturated heterocycles. The van der Waals surface area contributed by atoms with Crippen LogP contribution in [0.25, 0.3) is 0 Å². The Morgan fingerprint density at radius 1 is 1.28 bits per heavy atom. The van der Waals surface area contributed by atoms with Crippen molar-refractivity contribution in [1.82, 2.24) is 5.43 Å². The van der Waals surface area contributed by atoms with E-state index in [1.807, 2.05) is 19.1 Å². The molecule has 3 rings (SSSR count). The largest absolute Gasteiger partial charge is 0.366 e. The van der Waals surface area contributed by atoms with Crippen molar-refractivity contribution >= 4 is 41.0 Å². The standard InChI is InChI=1S/C23H27Cl2N3O/c1-6-28-21-11-19(24)16(10-18(21)15(3)12-23(28,4)5)13-26-27-22(29)17-8-7-14(2)9-20(17)25/h7-11,13,15H,6,12H2,1-5H3,(H,27,29)/b26-13-. The number of hydrogen-bond acceptors (Lipinski definition) is 3. The van der Waals surface area contributed by atoms with E-state index in [1.54, 1.807) is 18.3 Å². The van der Waals surface area contributed by atoms with Crippen molar-refractivity contribution in [3.8, 4) is 0 Å². The summed E-state index contributed by atoms with van der Waals surface area (Å²) in [6.07, 6.45) is 2.65. The SMILES string of the molecule is CCN1c2cc(Cl)c(/C=N\NC(=O)c3ccc(C)cc3Cl)cc2C(C)CC1(C)C. The molecule has 1 heterocycles. The third kappa shape index (κ3) is 4.44. The minimum Gasteiger partial charge on any atom is -0.366 e. The Balaban J connectivity index is 1.83. The monoisotopic (exact) mass is 431 g/mol. The van der Waals surface area contributed by atoms with E-state index in [0.717, 1.165) is 24.1 Å². The van der Waals surface area contributed by atoms with Crippen molar-refractivity contribution < 1.29 is 4.79 Å². The van der Waals surface area contributed by atoms with E-state index in [2.05, 4.69) is 49.2 Å². The van der Waals surface area contributed by atoms with Crippen molar-refractivity contribution in [3.63, 3.8) is 0 Å². The normalized spacial score (nSPS) is 18.0. The lowest BCUT2D eigenvalue weighted by atomic mass is 9.79. The van der Waals surface area contributed by atoms with Gasteiger partial charge in [-0.1, -0.05) is 36.2 Å². The molecule has 0 fully saturated rings. The van der Waals surface area contributed by atoms with Gasteiger partial charge in [-0.05, 0) is 75.4 Å². The molecular weight excluding hydrogens is 405 g/mol. The van der Waals surface area contributed by atoms with Gasteiger partial charge in [-0.15, -0.1) is 0 Å². The van der Waals surface area contributed by atoms with Crippen molar-refractivity contribution in [2.75, 3.05) is 11.4 Å². The zero-order chi connectivity index (χ0) is 21.3. The molecular formula is C23H27Cl2N3O.